The first-order valence-corrected chi connectivity index (χ1v) is 6.86. The number of thiophene rings is 1. The van der Waals surface area contributed by atoms with Crippen molar-refractivity contribution in [2.75, 3.05) is 0 Å². The molecule has 0 saturated heterocycles. The van der Waals surface area contributed by atoms with E-state index in [2.05, 4.69) is 26.2 Å². The lowest BCUT2D eigenvalue weighted by atomic mass is 10.4. The lowest BCUT2D eigenvalue weighted by Crippen LogP contribution is -2.15. The molecule has 1 aliphatic rings. The minimum absolute atomic E-state index is 0.686. The largest absolute Gasteiger partial charge is 0.438 e. The molecule has 1 aliphatic carbocycles. The Kier molecular flexibility index (Phi) is 2.83. The number of nitrogens with zero attached hydrogens (tertiary/aromatic N) is 1. The van der Waals surface area contributed by atoms with Gasteiger partial charge < -0.3 is 9.73 Å². The monoisotopic (exact) mass is 298 g/mol. The Bertz CT molecular complexity index is 490. The molecule has 0 aromatic carbocycles. The van der Waals surface area contributed by atoms with Crippen molar-refractivity contribution in [2.45, 2.75) is 25.4 Å². The van der Waals surface area contributed by atoms with Gasteiger partial charge >= 0.3 is 0 Å². The van der Waals surface area contributed by atoms with Crippen LogP contribution in [-0.2, 0) is 6.54 Å². The molecule has 3 nitrogen and oxygen atoms in total. The van der Waals surface area contributed by atoms with Gasteiger partial charge in [-0.15, -0.1) is 11.3 Å². The quantitative estimate of drug-likeness (QED) is 0.940. The van der Waals surface area contributed by atoms with E-state index in [1.54, 1.807) is 17.5 Å². The average Bonchev–Trinajstić information content (AvgIpc) is 2.81. The van der Waals surface area contributed by atoms with Gasteiger partial charge in [-0.2, -0.15) is 0 Å². The lowest BCUT2D eigenvalue weighted by molar-refractivity contribution is 0.477. The highest BCUT2D eigenvalue weighted by molar-refractivity contribution is 9.11. The van der Waals surface area contributed by atoms with Crippen LogP contribution < -0.4 is 5.32 Å². The number of hydrogen-bond donors (Lipinski definition) is 1. The second-order valence-corrected chi connectivity index (χ2v) is 6.34. The number of rotatable bonds is 4. The van der Waals surface area contributed by atoms with Gasteiger partial charge in [-0.1, -0.05) is 0 Å². The van der Waals surface area contributed by atoms with Gasteiger partial charge in [0.05, 0.1) is 21.4 Å². The topological polar surface area (TPSA) is 38.1 Å². The predicted octanol–water partition coefficient (Wildman–Crippen LogP) is 3.42. The number of nitrogens with one attached hydrogen (secondary N) is 1. The van der Waals surface area contributed by atoms with Crippen LogP contribution in [0.5, 0.6) is 0 Å². The zero-order valence-corrected chi connectivity index (χ0v) is 11.0. The van der Waals surface area contributed by atoms with E-state index in [4.69, 9.17) is 4.42 Å². The van der Waals surface area contributed by atoms with Crippen LogP contribution in [0.4, 0.5) is 0 Å². The zero-order chi connectivity index (χ0) is 11.0. The molecule has 0 aliphatic heterocycles. The van der Waals surface area contributed by atoms with Gasteiger partial charge in [-0.25, -0.2) is 4.98 Å². The Morgan fingerprint density at radius 2 is 2.38 bits per heavy atom. The summed E-state index contributed by atoms with van der Waals surface area (Å²) in [6, 6.07) is 4.74. The van der Waals surface area contributed by atoms with E-state index < -0.39 is 0 Å². The SMILES string of the molecule is Brc1ccc(-c2cnc(CNC3CC3)o2)s1. The van der Waals surface area contributed by atoms with Gasteiger partial charge in [0, 0.05) is 6.04 Å². The molecular formula is C11H11BrN2OS. The summed E-state index contributed by atoms with van der Waals surface area (Å²) in [5.41, 5.74) is 0. The van der Waals surface area contributed by atoms with Crippen molar-refractivity contribution in [3.05, 3.63) is 28.0 Å². The number of hydrogen-bond acceptors (Lipinski definition) is 4. The van der Waals surface area contributed by atoms with Gasteiger partial charge in [0.15, 0.2) is 5.76 Å². The van der Waals surface area contributed by atoms with Crippen LogP contribution in [0.15, 0.2) is 26.5 Å². The van der Waals surface area contributed by atoms with E-state index in [9.17, 15) is 0 Å². The molecule has 16 heavy (non-hydrogen) atoms. The molecule has 0 unspecified atom stereocenters. The predicted molar refractivity (Wildman–Crippen MR) is 67.4 cm³/mol. The molecule has 0 bridgehead atoms. The third kappa shape index (κ3) is 2.36. The van der Waals surface area contributed by atoms with Crippen LogP contribution >= 0.6 is 27.3 Å². The normalized spacial score (nSPS) is 15.6. The van der Waals surface area contributed by atoms with Crippen LogP contribution in [-0.4, -0.2) is 11.0 Å². The molecule has 84 valence electrons. The molecule has 0 radical (unpaired) electrons. The zero-order valence-electron chi connectivity index (χ0n) is 8.57. The summed E-state index contributed by atoms with van der Waals surface area (Å²) in [6.07, 6.45) is 4.36. The van der Waals surface area contributed by atoms with E-state index in [1.807, 2.05) is 12.1 Å². The maximum Gasteiger partial charge on any atom is 0.208 e. The first-order chi connectivity index (χ1) is 7.81. The van der Waals surface area contributed by atoms with E-state index in [1.165, 1.54) is 12.8 Å². The molecule has 2 aromatic heterocycles. The lowest BCUT2D eigenvalue weighted by Gasteiger charge is -1.96. The molecular weight excluding hydrogens is 288 g/mol. The van der Waals surface area contributed by atoms with Crippen LogP contribution in [0.3, 0.4) is 0 Å². The van der Waals surface area contributed by atoms with Crippen LogP contribution in [0.2, 0.25) is 0 Å². The Morgan fingerprint density at radius 3 is 3.06 bits per heavy atom. The Labute approximate surface area is 106 Å². The molecule has 3 rings (SSSR count). The summed E-state index contributed by atoms with van der Waals surface area (Å²) in [7, 11) is 0. The summed E-state index contributed by atoms with van der Waals surface area (Å²) < 4.78 is 6.79. The van der Waals surface area contributed by atoms with Crippen LogP contribution in [0.1, 0.15) is 18.7 Å². The van der Waals surface area contributed by atoms with Crippen molar-refractivity contribution < 1.29 is 4.42 Å². The summed E-state index contributed by atoms with van der Waals surface area (Å²) in [4.78, 5) is 5.37. The summed E-state index contributed by atoms with van der Waals surface area (Å²) in [5.74, 6) is 1.62. The summed E-state index contributed by atoms with van der Waals surface area (Å²) in [6.45, 7) is 0.733. The Morgan fingerprint density at radius 1 is 1.50 bits per heavy atom. The standard InChI is InChI=1S/C11H11BrN2OS/c12-10-4-3-9(16-10)8-5-14-11(15-8)6-13-7-1-2-7/h3-5,7,13H,1-2,6H2. The molecule has 1 saturated carbocycles. The molecule has 0 amide bonds. The number of halogens is 1. The number of aromatic nitrogens is 1. The van der Waals surface area contributed by atoms with Gasteiger partial charge in [0.1, 0.15) is 0 Å². The molecule has 2 heterocycles. The molecule has 2 aromatic rings. The van der Waals surface area contributed by atoms with E-state index >= 15 is 0 Å². The molecule has 0 atom stereocenters. The fraction of sp³-hybridized carbons (Fsp3) is 0.364. The Hall–Kier alpha value is -0.650. The highest BCUT2D eigenvalue weighted by Crippen LogP contribution is 2.31. The van der Waals surface area contributed by atoms with Crippen molar-refractivity contribution in [2.24, 2.45) is 0 Å². The fourth-order valence-corrected chi connectivity index (χ4v) is 2.80. The first-order valence-electron chi connectivity index (χ1n) is 5.25. The third-order valence-electron chi connectivity index (χ3n) is 2.49. The maximum atomic E-state index is 5.68. The van der Waals surface area contributed by atoms with Crippen molar-refractivity contribution in [1.82, 2.24) is 10.3 Å². The second-order valence-electron chi connectivity index (χ2n) is 3.88. The highest BCUT2D eigenvalue weighted by Gasteiger charge is 2.21. The van der Waals surface area contributed by atoms with E-state index in [0.717, 1.165) is 26.9 Å². The molecule has 1 fully saturated rings. The van der Waals surface area contributed by atoms with Gasteiger partial charge in [-0.3, -0.25) is 0 Å². The van der Waals surface area contributed by atoms with Gasteiger partial charge in [0.2, 0.25) is 5.89 Å². The van der Waals surface area contributed by atoms with Gasteiger partial charge in [0.25, 0.3) is 0 Å². The van der Waals surface area contributed by atoms with Gasteiger partial charge in [-0.05, 0) is 40.9 Å². The van der Waals surface area contributed by atoms with Crippen LogP contribution in [0, 0.1) is 0 Å². The van der Waals surface area contributed by atoms with Crippen molar-refractivity contribution in [3.8, 4) is 10.6 Å². The van der Waals surface area contributed by atoms with E-state index in [0.29, 0.717) is 6.04 Å². The number of oxazole rings is 1. The molecule has 1 N–H and O–H groups in total. The average molecular weight is 299 g/mol. The smallest absolute Gasteiger partial charge is 0.208 e. The minimum atomic E-state index is 0.686. The maximum absolute atomic E-state index is 5.68. The van der Waals surface area contributed by atoms with Crippen molar-refractivity contribution >= 4 is 27.3 Å². The first kappa shape index (κ1) is 10.5. The summed E-state index contributed by atoms with van der Waals surface area (Å²) in [5, 5.41) is 3.38. The van der Waals surface area contributed by atoms with Crippen molar-refractivity contribution in [1.29, 1.82) is 0 Å². The van der Waals surface area contributed by atoms with Crippen LogP contribution in [0.25, 0.3) is 10.6 Å². The molecule has 0 spiro atoms. The minimum Gasteiger partial charge on any atom is -0.438 e. The van der Waals surface area contributed by atoms with Crippen molar-refractivity contribution in [3.63, 3.8) is 0 Å². The fourth-order valence-electron chi connectivity index (χ4n) is 1.47. The highest BCUT2D eigenvalue weighted by atomic mass is 79.9. The second kappa shape index (κ2) is 4.31. The summed E-state index contributed by atoms with van der Waals surface area (Å²) >= 11 is 5.09. The molecule has 5 heteroatoms. The third-order valence-corrected chi connectivity index (χ3v) is 4.13. The van der Waals surface area contributed by atoms with E-state index in [-0.39, 0.29) is 0 Å². The Balaban J connectivity index is 1.71.